The van der Waals surface area contributed by atoms with Crippen molar-refractivity contribution in [2.24, 2.45) is 5.84 Å². The molecule has 2 aromatic heterocycles. The molecular formula is C11H16N6OS. The van der Waals surface area contributed by atoms with Crippen molar-refractivity contribution < 1.29 is 4.79 Å². The zero-order chi connectivity index (χ0) is 13.8. The molecule has 4 N–H and O–H groups in total. The first kappa shape index (κ1) is 13.5. The van der Waals surface area contributed by atoms with E-state index in [0.29, 0.717) is 18.3 Å². The van der Waals surface area contributed by atoms with Crippen molar-refractivity contribution >= 4 is 39.2 Å². The van der Waals surface area contributed by atoms with Crippen molar-refractivity contribution in [3.05, 3.63) is 11.4 Å². The molecule has 19 heavy (non-hydrogen) atoms. The van der Waals surface area contributed by atoms with E-state index in [2.05, 4.69) is 20.7 Å². The van der Waals surface area contributed by atoms with E-state index in [1.807, 2.05) is 23.3 Å². The Hall–Kier alpha value is -1.93. The normalized spacial score (nSPS) is 10.5. The van der Waals surface area contributed by atoms with Gasteiger partial charge in [-0.05, 0) is 18.4 Å². The molecule has 8 heteroatoms. The Labute approximate surface area is 114 Å². The van der Waals surface area contributed by atoms with Crippen molar-refractivity contribution in [3.8, 4) is 0 Å². The predicted molar refractivity (Wildman–Crippen MR) is 77.2 cm³/mol. The number of hydrogen-bond acceptors (Lipinski definition) is 7. The van der Waals surface area contributed by atoms with Crippen molar-refractivity contribution in [1.82, 2.24) is 15.3 Å². The van der Waals surface area contributed by atoms with Crippen LogP contribution in [-0.2, 0) is 4.79 Å². The van der Waals surface area contributed by atoms with Gasteiger partial charge in [0, 0.05) is 13.6 Å². The Bertz CT molecular complexity index is 584. The van der Waals surface area contributed by atoms with E-state index >= 15 is 0 Å². The van der Waals surface area contributed by atoms with Gasteiger partial charge < -0.3 is 10.2 Å². The molecule has 0 saturated heterocycles. The average Bonchev–Trinajstić information content (AvgIpc) is 2.91. The SMILES string of the molecule is CCN(CC(=O)NC)c1nc(NN)nc2sccc12. The molecule has 0 atom stereocenters. The largest absolute Gasteiger partial charge is 0.358 e. The second-order valence-electron chi connectivity index (χ2n) is 3.84. The number of carbonyl (C=O) groups is 1. The third kappa shape index (κ3) is 2.74. The van der Waals surface area contributed by atoms with Gasteiger partial charge in [0.25, 0.3) is 0 Å². The zero-order valence-corrected chi connectivity index (χ0v) is 11.6. The fourth-order valence-corrected chi connectivity index (χ4v) is 2.49. The number of carbonyl (C=O) groups excluding carboxylic acids is 1. The lowest BCUT2D eigenvalue weighted by Gasteiger charge is -2.22. The van der Waals surface area contributed by atoms with Crippen LogP contribution in [0.4, 0.5) is 11.8 Å². The molecule has 0 aliphatic rings. The maximum atomic E-state index is 11.5. The number of likely N-dealkylation sites (N-methyl/N-ethyl adjacent to an activating group) is 2. The summed E-state index contributed by atoms with van der Waals surface area (Å²) in [6.45, 7) is 2.89. The van der Waals surface area contributed by atoms with Crippen LogP contribution in [0.25, 0.3) is 10.2 Å². The van der Waals surface area contributed by atoms with Gasteiger partial charge in [0.1, 0.15) is 10.6 Å². The number of aromatic nitrogens is 2. The molecule has 2 rings (SSSR count). The minimum Gasteiger partial charge on any atom is -0.358 e. The summed E-state index contributed by atoms with van der Waals surface area (Å²) in [5.74, 6) is 6.38. The summed E-state index contributed by atoms with van der Waals surface area (Å²) in [5.41, 5.74) is 2.45. The molecule has 0 unspecified atom stereocenters. The molecule has 2 aromatic rings. The summed E-state index contributed by atoms with van der Waals surface area (Å²) < 4.78 is 0. The third-order valence-electron chi connectivity index (χ3n) is 2.73. The van der Waals surface area contributed by atoms with Gasteiger partial charge in [-0.1, -0.05) is 0 Å². The summed E-state index contributed by atoms with van der Waals surface area (Å²) >= 11 is 1.51. The predicted octanol–water partition coefficient (Wildman–Crippen LogP) is 0.549. The maximum Gasteiger partial charge on any atom is 0.240 e. The lowest BCUT2D eigenvalue weighted by Crippen LogP contribution is -2.36. The van der Waals surface area contributed by atoms with Crippen LogP contribution in [0.1, 0.15) is 6.92 Å². The fourth-order valence-electron chi connectivity index (χ4n) is 1.73. The number of fused-ring (bicyclic) bond motifs is 1. The van der Waals surface area contributed by atoms with E-state index in [4.69, 9.17) is 5.84 Å². The van der Waals surface area contributed by atoms with Crippen LogP contribution in [0.15, 0.2) is 11.4 Å². The molecule has 102 valence electrons. The highest BCUT2D eigenvalue weighted by Gasteiger charge is 2.16. The van der Waals surface area contributed by atoms with Crippen LogP contribution >= 0.6 is 11.3 Å². The number of nitrogens with two attached hydrogens (primary N) is 1. The van der Waals surface area contributed by atoms with Gasteiger partial charge in [0.15, 0.2) is 0 Å². The molecule has 7 nitrogen and oxygen atoms in total. The molecule has 0 fully saturated rings. The van der Waals surface area contributed by atoms with Gasteiger partial charge in [-0.3, -0.25) is 10.2 Å². The van der Waals surface area contributed by atoms with Crippen LogP contribution < -0.4 is 21.5 Å². The van der Waals surface area contributed by atoms with E-state index < -0.39 is 0 Å². The van der Waals surface area contributed by atoms with Gasteiger partial charge in [-0.2, -0.15) is 4.98 Å². The fraction of sp³-hybridized carbons (Fsp3) is 0.364. The molecule has 0 aromatic carbocycles. The smallest absolute Gasteiger partial charge is 0.240 e. The van der Waals surface area contributed by atoms with Gasteiger partial charge >= 0.3 is 0 Å². The van der Waals surface area contributed by atoms with Gasteiger partial charge in [-0.15, -0.1) is 11.3 Å². The Morgan fingerprint density at radius 3 is 2.95 bits per heavy atom. The molecule has 2 heterocycles. The Morgan fingerprint density at radius 2 is 2.32 bits per heavy atom. The molecule has 1 amide bonds. The molecule has 0 saturated carbocycles. The number of hydrogen-bond donors (Lipinski definition) is 3. The van der Waals surface area contributed by atoms with Gasteiger partial charge in [-0.25, -0.2) is 10.8 Å². The number of rotatable bonds is 5. The Kier molecular flexibility index (Phi) is 4.13. The van der Waals surface area contributed by atoms with Crippen LogP contribution in [0.3, 0.4) is 0 Å². The summed E-state index contributed by atoms with van der Waals surface area (Å²) in [6.07, 6.45) is 0. The first-order valence-electron chi connectivity index (χ1n) is 5.87. The first-order chi connectivity index (χ1) is 9.19. The second kappa shape index (κ2) is 5.81. The van der Waals surface area contributed by atoms with E-state index in [9.17, 15) is 4.79 Å². The highest BCUT2D eigenvalue weighted by Crippen LogP contribution is 2.28. The molecule has 0 radical (unpaired) electrons. The van der Waals surface area contributed by atoms with Gasteiger partial charge in [0.2, 0.25) is 11.9 Å². The summed E-state index contributed by atoms with van der Waals surface area (Å²) in [6, 6.07) is 1.95. The zero-order valence-electron chi connectivity index (χ0n) is 10.8. The second-order valence-corrected chi connectivity index (χ2v) is 4.74. The monoisotopic (exact) mass is 280 g/mol. The minimum absolute atomic E-state index is 0.0638. The van der Waals surface area contributed by atoms with Crippen LogP contribution in [0, 0.1) is 0 Å². The third-order valence-corrected chi connectivity index (χ3v) is 3.54. The number of nitrogen functional groups attached to an aromatic ring is 1. The summed E-state index contributed by atoms with van der Waals surface area (Å²) in [4.78, 5) is 22.9. The lowest BCUT2D eigenvalue weighted by atomic mass is 10.3. The Morgan fingerprint density at radius 1 is 1.53 bits per heavy atom. The topological polar surface area (TPSA) is 96.2 Å². The maximum absolute atomic E-state index is 11.5. The first-order valence-corrected chi connectivity index (χ1v) is 6.75. The van der Waals surface area contributed by atoms with Crippen LogP contribution in [0.2, 0.25) is 0 Å². The van der Waals surface area contributed by atoms with E-state index in [-0.39, 0.29) is 12.5 Å². The number of hydrazine groups is 1. The number of thiophene rings is 1. The van der Waals surface area contributed by atoms with E-state index in [0.717, 1.165) is 10.2 Å². The average molecular weight is 280 g/mol. The summed E-state index contributed by atoms with van der Waals surface area (Å²) in [7, 11) is 1.61. The quantitative estimate of drug-likeness (QED) is 0.547. The minimum atomic E-state index is -0.0638. The molecular weight excluding hydrogens is 264 g/mol. The molecule has 0 aliphatic carbocycles. The molecule has 0 aliphatic heterocycles. The molecule has 0 bridgehead atoms. The highest BCUT2D eigenvalue weighted by molar-refractivity contribution is 7.16. The van der Waals surface area contributed by atoms with Crippen molar-refractivity contribution in [3.63, 3.8) is 0 Å². The standard InChI is InChI=1S/C11H16N6OS/c1-3-17(6-8(18)13-2)9-7-4-5-19-10(7)15-11(14-9)16-12/h4-5H,3,6,12H2,1-2H3,(H,13,18)(H,14,15,16). The van der Waals surface area contributed by atoms with Crippen LogP contribution in [0.5, 0.6) is 0 Å². The van der Waals surface area contributed by atoms with E-state index in [1.165, 1.54) is 11.3 Å². The number of nitrogens with one attached hydrogen (secondary N) is 2. The Balaban J connectivity index is 2.45. The van der Waals surface area contributed by atoms with Crippen molar-refractivity contribution in [2.45, 2.75) is 6.92 Å². The lowest BCUT2D eigenvalue weighted by molar-refractivity contribution is -0.119. The van der Waals surface area contributed by atoms with Crippen molar-refractivity contribution in [1.29, 1.82) is 0 Å². The van der Waals surface area contributed by atoms with E-state index in [1.54, 1.807) is 7.05 Å². The van der Waals surface area contributed by atoms with Crippen molar-refractivity contribution in [2.75, 3.05) is 30.5 Å². The number of nitrogens with zero attached hydrogens (tertiary/aromatic N) is 3. The van der Waals surface area contributed by atoms with Gasteiger partial charge in [0.05, 0.1) is 11.9 Å². The number of amides is 1. The highest BCUT2D eigenvalue weighted by atomic mass is 32.1. The number of anilines is 2. The summed E-state index contributed by atoms with van der Waals surface area (Å²) in [5, 5.41) is 5.48. The van der Waals surface area contributed by atoms with Crippen LogP contribution in [-0.4, -0.2) is 36.0 Å². The molecule has 0 spiro atoms.